The molecule has 0 saturated heterocycles. The topological polar surface area (TPSA) is 58.6 Å². The van der Waals surface area contributed by atoms with Gasteiger partial charge in [-0.1, -0.05) is 6.07 Å². The van der Waals surface area contributed by atoms with Crippen LogP contribution in [0.15, 0.2) is 30.3 Å². The number of hydrogen-bond acceptors (Lipinski definition) is 4. The molecule has 2 rings (SSSR count). The van der Waals surface area contributed by atoms with E-state index in [2.05, 4.69) is 5.32 Å². The summed E-state index contributed by atoms with van der Waals surface area (Å²) in [5.41, 5.74) is 0.590. The number of methoxy groups -OCH3 is 1. The second-order valence-corrected chi connectivity index (χ2v) is 5.77. The number of phenolic OH excluding ortho intramolecular Hbond substituents is 1. The molecule has 0 aliphatic carbocycles. The molecule has 0 aliphatic heterocycles. The third-order valence-electron chi connectivity index (χ3n) is 2.99. The highest BCUT2D eigenvalue weighted by atomic mass is 32.1. The molecule has 6 heteroatoms. The first-order chi connectivity index (χ1) is 10.0. The highest BCUT2D eigenvalue weighted by molar-refractivity contribution is 7.14. The summed E-state index contributed by atoms with van der Waals surface area (Å²) in [5, 5.41) is 12.0. The molecule has 0 radical (unpaired) electrons. The summed E-state index contributed by atoms with van der Waals surface area (Å²) >= 11 is 1.36. The Morgan fingerprint density at radius 1 is 1.43 bits per heavy atom. The van der Waals surface area contributed by atoms with E-state index in [9.17, 15) is 9.18 Å². The highest BCUT2D eigenvalue weighted by Crippen LogP contribution is 2.22. The Bertz CT molecular complexity index is 642. The average Bonchev–Trinajstić information content (AvgIpc) is 2.91. The van der Waals surface area contributed by atoms with Gasteiger partial charge in [0.05, 0.1) is 17.5 Å². The van der Waals surface area contributed by atoms with E-state index in [0.717, 1.165) is 4.88 Å². The molecule has 1 atom stereocenters. The van der Waals surface area contributed by atoms with Gasteiger partial charge in [-0.25, -0.2) is 4.39 Å². The van der Waals surface area contributed by atoms with E-state index in [0.29, 0.717) is 17.0 Å². The highest BCUT2D eigenvalue weighted by Gasteiger charge is 2.14. The van der Waals surface area contributed by atoms with Crippen LogP contribution in [0.4, 0.5) is 4.39 Å². The number of carbonyl (C=O) groups excluding carboxylic acids is 1. The maximum atomic E-state index is 13.3. The number of phenols is 1. The largest absolute Gasteiger partial charge is 0.505 e. The van der Waals surface area contributed by atoms with E-state index in [1.807, 2.05) is 6.07 Å². The molecule has 0 bridgehead atoms. The summed E-state index contributed by atoms with van der Waals surface area (Å²) in [5.74, 6) is -1.32. The molecular weight excluding hydrogens is 293 g/mol. The number of thiophene rings is 1. The van der Waals surface area contributed by atoms with Crippen molar-refractivity contribution in [2.24, 2.45) is 0 Å². The van der Waals surface area contributed by atoms with Crippen LogP contribution in [0.3, 0.4) is 0 Å². The van der Waals surface area contributed by atoms with E-state index >= 15 is 0 Å². The van der Waals surface area contributed by atoms with Gasteiger partial charge in [-0.15, -0.1) is 11.3 Å². The first kappa shape index (κ1) is 15.5. The van der Waals surface area contributed by atoms with E-state index in [1.54, 1.807) is 26.2 Å². The van der Waals surface area contributed by atoms with Crippen molar-refractivity contribution < 1.29 is 19.0 Å². The van der Waals surface area contributed by atoms with Crippen molar-refractivity contribution in [1.82, 2.24) is 5.32 Å². The second kappa shape index (κ2) is 6.69. The lowest BCUT2D eigenvalue weighted by atomic mass is 10.1. The summed E-state index contributed by atoms with van der Waals surface area (Å²) in [6.07, 6.45) is 0. The normalized spacial score (nSPS) is 12.1. The molecule has 1 unspecified atom stereocenters. The monoisotopic (exact) mass is 309 g/mol. The van der Waals surface area contributed by atoms with Crippen LogP contribution >= 0.6 is 11.3 Å². The Kier molecular flexibility index (Phi) is 4.93. The zero-order valence-corrected chi connectivity index (χ0v) is 12.5. The molecule has 4 nitrogen and oxygen atoms in total. The van der Waals surface area contributed by atoms with Crippen LogP contribution < -0.4 is 5.32 Å². The predicted octanol–water partition coefficient (Wildman–Crippen LogP) is 3.23. The van der Waals surface area contributed by atoms with E-state index in [1.165, 1.54) is 23.5 Å². The van der Waals surface area contributed by atoms with Gasteiger partial charge in [-0.3, -0.25) is 4.79 Å². The zero-order chi connectivity index (χ0) is 15.4. The van der Waals surface area contributed by atoms with Crippen LogP contribution in [-0.2, 0) is 11.3 Å². The molecule has 2 N–H and O–H groups in total. The predicted molar refractivity (Wildman–Crippen MR) is 79.0 cm³/mol. The van der Waals surface area contributed by atoms with Crippen molar-refractivity contribution in [1.29, 1.82) is 0 Å². The Balaban J connectivity index is 2.05. The number of rotatable bonds is 5. The summed E-state index contributed by atoms with van der Waals surface area (Å²) < 4.78 is 18.3. The first-order valence-corrected chi connectivity index (χ1v) is 7.20. The van der Waals surface area contributed by atoms with Crippen LogP contribution in [-0.4, -0.2) is 18.1 Å². The molecule has 0 fully saturated rings. The Morgan fingerprint density at radius 2 is 2.19 bits per heavy atom. The smallest absolute Gasteiger partial charge is 0.261 e. The van der Waals surface area contributed by atoms with Crippen LogP contribution in [0.5, 0.6) is 5.75 Å². The van der Waals surface area contributed by atoms with Gasteiger partial charge in [0.15, 0.2) is 11.6 Å². The molecule has 0 spiro atoms. The SMILES string of the molecule is COCc1ccc(C(=O)NC(C)c2ccc(O)c(F)c2)s1. The van der Waals surface area contributed by atoms with Gasteiger partial charge in [0.25, 0.3) is 5.91 Å². The molecule has 112 valence electrons. The minimum absolute atomic E-state index is 0.219. The fourth-order valence-electron chi connectivity index (χ4n) is 1.86. The third-order valence-corrected chi connectivity index (χ3v) is 4.05. The second-order valence-electron chi connectivity index (χ2n) is 4.60. The molecule has 1 amide bonds. The van der Waals surface area contributed by atoms with Crippen molar-refractivity contribution in [3.63, 3.8) is 0 Å². The maximum absolute atomic E-state index is 13.3. The summed E-state index contributed by atoms with van der Waals surface area (Å²) in [4.78, 5) is 13.7. The number of nitrogens with one attached hydrogen (secondary N) is 1. The van der Waals surface area contributed by atoms with Crippen molar-refractivity contribution in [3.05, 3.63) is 51.5 Å². The van der Waals surface area contributed by atoms with Gasteiger partial charge < -0.3 is 15.2 Å². The summed E-state index contributed by atoms with van der Waals surface area (Å²) in [6, 6.07) is 7.28. The molecule has 21 heavy (non-hydrogen) atoms. The van der Waals surface area contributed by atoms with Crippen molar-refractivity contribution in [2.45, 2.75) is 19.6 Å². The van der Waals surface area contributed by atoms with Crippen molar-refractivity contribution in [2.75, 3.05) is 7.11 Å². The van der Waals surface area contributed by atoms with Gasteiger partial charge in [0, 0.05) is 12.0 Å². The Morgan fingerprint density at radius 3 is 2.86 bits per heavy atom. The molecule has 2 aromatic rings. The van der Waals surface area contributed by atoms with Gasteiger partial charge in [-0.05, 0) is 36.8 Å². The quantitative estimate of drug-likeness (QED) is 0.891. The standard InChI is InChI=1S/C15H16FNO3S/c1-9(10-3-5-13(18)12(16)7-10)17-15(19)14-6-4-11(21-14)8-20-2/h3-7,9,18H,8H2,1-2H3,(H,17,19). The molecular formula is C15H16FNO3S. The number of ether oxygens (including phenoxy) is 1. The molecule has 0 saturated carbocycles. The maximum Gasteiger partial charge on any atom is 0.261 e. The van der Waals surface area contributed by atoms with Crippen LogP contribution in [0.1, 0.15) is 33.1 Å². The van der Waals surface area contributed by atoms with Crippen LogP contribution in [0.2, 0.25) is 0 Å². The van der Waals surface area contributed by atoms with Crippen molar-refractivity contribution in [3.8, 4) is 5.75 Å². The van der Waals surface area contributed by atoms with Gasteiger partial charge >= 0.3 is 0 Å². The van der Waals surface area contributed by atoms with E-state index in [4.69, 9.17) is 9.84 Å². The van der Waals surface area contributed by atoms with Gasteiger partial charge in [0.1, 0.15) is 0 Å². The number of hydrogen-bond donors (Lipinski definition) is 2. The first-order valence-electron chi connectivity index (χ1n) is 6.38. The Hall–Kier alpha value is -1.92. The molecule has 1 heterocycles. The van der Waals surface area contributed by atoms with E-state index < -0.39 is 11.6 Å². The summed E-state index contributed by atoms with van der Waals surface area (Å²) in [7, 11) is 1.60. The lowest BCUT2D eigenvalue weighted by Crippen LogP contribution is -2.25. The minimum atomic E-state index is -0.702. The minimum Gasteiger partial charge on any atom is -0.505 e. The average molecular weight is 309 g/mol. The fraction of sp³-hybridized carbons (Fsp3) is 0.267. The fourth-order valence-corrected chi connectivity index (χ4v) is 2.75. The molecule has 1 aromatic heterocycles. The van der Waals surface area contributed by atoms with Gasteiger partial charge in [0.2, 0.25) is 0 Å². The number of aromatic hydroxyl groups is 1. The Labute approximate surface area is 126 Å². The van der Waals surface area contributed by atoms with Crippen LogP contribution in [0, 0.1) is 5.82 Å². The number of carbonyl (C=O) groups is 1. The van der Waals surface area contributed by atoms with E-state index in [-0.39, 0.29) is 11.9 Å². The molecule has 0 aliphatic rings. The third kappa shape index (κ3) is 3.80. The summed E-state index contributed by atoms with van der Waals surface area (Å²) in [6.45, 7) is 2.23. The van der Waals surface area contributed by atoms with Gasteiger partial charge in [-0.2, -0.15) is 0 Å². The molecule has 1 aromatic carbocycles. The zero-order valence-electron chi connectivity index (χ0n) is 11.7. The van der Waals surface area contributed by atoms with Crippen molar-refractivity contribution >= 4 is 17.2 Å². The number of amides is 1. The lowest BCUT2D eigenvalue weighted by Gasteiger charge is -2.14. The number of halogens is 1. The lowest BCUT2D eigenvalue weighted by molar-refractivity contribution is 0.0944. The number of benzene rings is 1. The van der Waals surface area contributed by atoms with Crippen LogP contribution in [0.25, 0.3) is 0 Å².